The highest BCUT2D eigenvalue weighted by Gasteiger charge is 2.07. The van der Waals surface area contributed by atoms with Gasteiger partial charge in [-0.25, -0.2) is 16.8 Å². The van der Waals surface area contributed by atoms with Crippen molar-refractivity contribution in [2.24, 2.45) is 0 Å². The normalized spacial score (nSPS) is 18.3. The number of likely N-dealkylation sites (tertiary alicyclic amines) is 1. The Morgan fingerprint density at radius 3 is 1.40 bits per heavy atom. The Morgan fingerprint density at radius 1 is 1.00 bits per heavy atom. The first-order chi connectivity index (χ1) is 6.60. The van der Waals surface area contributed by atoms with E-state index in [2.05, 4.69) is 7.05 Å². The summed E-state index contributed by atoms with van der Waals surface area (Å²) in [5, 5.41) is 0. The summed E-state index contributed by atoms with van der Waals surface area (Å²) in [6, 6.07) is 0. The number of hydrogen-bond donors (Lipinski definition) is 1. The fourth-order valence-corrected chi connectivity index (χ4v) is 1.94. The first-order valence-corrected chi connectivity index (χ1v) is 6.73. The van der Waals surface area contributed by atoms with Gasteiger partial charge in [-0.15, -0.1) is 7.77 Å². The van der Waals surface area contributed by atoms with Crippen LogP contribution in [0.3, 0.4) is 0 Å². The topological polar surface area (TPSA) is 86.8 Å². The second-order valence-electron chi connectivity index (χ2n) is 3.06. The second-order valence-corrected chi connectivity index (χ2v) is 5.31. The van der Waals surface area contributed by atoms with Gasteiger partial charge >= 0.3 is 0 Å². The molecule has 0 aromatic heterocycles. The average molecular weight is 266 g/mol. The molecule has 0 atom stereocenters. The molecule has 0 aliphatic carbocycles. The molecule has 0 amide bonds. The molecule has 1 saturated heterocycles. The summed E-state index contributed by atoms with van der Waals surface area (Å²) in [5.41, 5.74) is 0. The van der Waals surface area contributed by atoms with Crippen LogP contribution in [0.15, 0.2) is 0 Å². The summed E-state index contributed by atoms with van der Waals surface area (Å²) in [6.07, 6.45) is 2.90. The van der Waals surface area contributed by atoms with Crippen molar-refractivity contribution in [1.82, 2.24) is 0 Å². The van der Waals surface area contributed by atoms with Gasteiger partial charge in [-0.1, -0.05) is 0 Å². The van der Waals surface area contributed by atoms with Crippen LogP contribution in [0.25, 0.3) is 4.13 Å². The van der Waals surface area contributed by atoms with Gasteiger partial charge in [0.25, 0.3) is 0 Å². The number of hydrogen-bond acceptors (Lipinski definition) is 4. The summed E-state index contributed by atoms with van der Waals surface area (Å²) in [7, 11) is -8.98. The molecule has 1 fully saturated rings. The maximum absolute atomic E-state index is 11.1. The summed E-state index contributed by atoms with van der Waals surface area (Å²) >= 11 is 0. The molecule has 0 saturated carbocycles. The van der Waals surface area contributed by atoms with Gasteiger partial charge in [-0.2, -0.15) is 0 Å². The molecule has 0 aromatic carbocycles. The Labute approximate surface area is 88.0 Å². The summed E-state index contributed by atoms with van der Waals surface area (Å²) < 4.78 is 60.1. The van der Waals surface area contributed by atoms with Crippen LogP contribution in [0.5, 0.6) is 0 Å². The molecule has 0 unspecified atom stereocenters. The molecule has 0 spiro atoms. The van der Waals surface area contributed by atoms with Gasteiger partial charge < -0.3 is 9.03 Å². The third kappa shape index (κ3) is 11.6. The quantitative estimate of drug-likeness (QED) is 0.655. The number of nitrogens with one attached hydrogen (secondary N) is 1. The summed E-state index contributed by atoms with van der Waals surface area (Å²) in [6.45, 7) is 2.81. The van der Waals surface area contributed by atoms with Crippen molar-refractivity contribution < 1.29 is 29.5 Å². The molecule has 1 aliphatic rings. The van der Waals surface area contributed by atoms with E-state index in [0.29, 0.717) is 0 Å². The van der Waals surface area contributed by atoms with Crippen molar-refractivity contribution in [3.63, 3.8) is 0 Å². The van der Waals surface area contributed by atoms with Crippen LogP contribution in [-0.4, -0.2) is 37.0 Å². The third-order valence-corrected chi connectivity index (χ3v) is 3.06. The monoisotopic (exact) mass is 266 g/mol. The van der Waals surface area contributed by atoms with Gasteiger partial charge in [-0.05, 0) is 0 Å². The molecule has 0 radical (unpaired) electrons. The lowest BCUT2D eigenvalue weighted by Gasteiger charge is -2.03. The van der Waals surface area contributed by atoms with Crippen LogP contribution in [0.1, 0.15) is 12.8 Å². The minimum absolute atomic E-state index is 1.15. The largest absolute Gasteiger partial charge is 0.379 e. The Balaban J connectivity index is 0.000000280. The zero-order chi connectivity index (χ0) is 12.1. The van der Waals surface area contributed by atoms with Gasteiger partial charge in [-0.3, -0.25) is 0 Å². The Hall–Kier alpha value is -0.320. The minimum Gasteiger partial charge on any atom is -0.379 e. The molecule has 10 heteroatoms. The summed E-state index contributed by atoms with van der Waals surface area (Å²) in [4.78, 5) is 1.70. The predicted molar refractivity (Wildman–Crippen MR) is 49.3 cm³/mol. The van der Waals surface area contributed by atoms with E-state index in [1.807, 2.05) is 0 Å². The molecule has 1 rings (SSSR count). The van der Waals surface area contributed by atoms with E-state index in [1.54, 1.807) is 4.90 Å². The van der Waals surface area contributed by atoms with E-state index in [0.717, 1.165) is 4.13 Å². The molecule has 1 aliphatic heterocycles. The van der Waals surface area contributed by atoms with Crippen molar-refractivity contribution in [3.05, 3.63) is 4.13 Å². The standard InChI is InChI=1S/C5H11N.F2NO4S2/c1-6-4-2-3-5-6;1-8(4,5)3-9(2,6)7/h2-5H2,1H3;/q;-1/p+1. The molecular weight excluding hydrogens is 254 g/mol. The molecule has 0 aromatic rings. The highest BCUT2D eigenvalue weighted by Crippen LogP contribution is 2.11. The zero-order valence-corrected chi connectivity index (χ0v) is 9.61. The Kier molecular flexibility index (Phi) is 5.56. The third-order valence-electron chi connectivity index (χ3n) is 1.64. The molecule has 6 nitrogen and oxygen atoms in total. The smallest absolute Gasteiger partial charge is 0.241 e. The van der Waals surface area contributed by atoms with Crippen LogP contribution in [0.4, 0.5) is 7.77 Å². The first kappa shape index (κ1) is 14.7. The lowest BCUT2D eigenvalue weighted by atomic mass is 10.4. The van der Waals surface area contributed by atoms with Crippen molar-refractivity contribution in [2.45, 2.75) is 12.8 Å². The van der Waals surface area contributed by atoms with Gasteiger partial charge in [0.15, 0.2) is 0 Å². The number of halogens is 2. The SMILES string of the molecule is C[NH+]1CCCC1.O=S(=O)(F)[N-]S(=O)(=O)F. The number of nitrogens with zero attached hydrogens (tertiary/aromatic N) is 1. The number of rotatable bonds is 2. The Morgan fingerprint density at radius 2 is 1.33 bits per heavy atom. The molecule has 1 N–H and O–H groups in total. The predicted octanol–water partition coefficient (Wildman–Crippen LogP) is -0.916. The summed E-state index contributed by atoms with van der Waals surface area (Å²) in [5.74, 6) is 0. The van der Waals surface area contributed by atoms with Crippen LogP contribution >= 0.6 is 0 Å². The van der Waals surface area contributed by atoms with E-state index < -0.39 is 20.8 Å². The zero-order valence-electron chi connectivity index (χ0n) is 7.98. The van der Waals surface area contributed by atoms with Crippen LogP contribution in [0.2, 0.25) is 0 Å². The molecule has 15 heavy (non-hydrogen) atoms. The van der Waals surface area contributed by atoms with E-state index in [1.165, 1.54) is 25.9 Å². The van der Waals surface area contributed by atoms with E-state index in [4.69, 9.17) is 0 Å². The second kappa shape index (κ2) is 5.68. The Bertz CT molecular complexity index is 344. The van der Waals surface area contributed by atoms with Crippen molar-refractivity contribution in [2.75, 3.05) is 20.1 Å². The lowest BCUT2D eigenvalue weighted by Crippen LogP contribution is -3.06. The van der Waals surface area contributed by atoms with Gasteiger partial charge in [0.1, 0.15) is 0 Å². The molecule has 1 heterocycles. The maximum Gasteiger partial charge on any atom is 0.241 e. The molecule has 0 bridgehead atoms. The van der Waals surface area contributed by atoms with Crippen LogP contribution in [0, 0.1) is 0 Å². The van der Waals surface area contributed by atoms with Crippen LogP contribution < -0.4 is 4.90 Å². The van der Waals surface area contributed by atoms with Gasteiger partial charge in [0.2, 0.25) is 20.8 Å². The van der Waals surface area contributed by atoms with Gasteiger partial charge in [0.05, 0.1) is 20.1 Å². The highest BCUT2D eigenvalue weighted by atomic mass is 32.3. The first-order valence-electron chi connectivity index (χ1n) is 4.05. The molecule has 92 valence electrons. The van der Waals surface area contributed by atoms with Crippen LogP contribution in [-0.2, 0) is 20.8 Å². The van der Waals surface area contributed by atoms with E-state index in [9.17, 15) is 24.6 Å². The lowest BCUT2D eigenvalue weighted by molar-refractivity contribution is -0.866. The fraction of sp³-hybridized carbons (Fsp3) is 1.00. The van der Waals surface area contributed by atoms with E-state index >= 15 is 0 Å². The van der Waals surface area contributed by atoms with Gasteiger partial charge in [0, 0.05) is 12.8 Å². The molecular formula is C5H12F2N2O4S2. The minimum atomic E-state index is -5.62. The average Bonchev–Trinajstić information content (AvgIpc) is 2.31. The number of quaternary nitrogens is 1. The fourth-order valence-electron chi connectivity index (χ4n) is 1.08. The van der Waals surface area contributed by atoms with Crippen molar-refractivity contribution in [3.8, 4) is 0 Å². The maximum atomic E-state index is 11.1. The highest BCUT2D eigenvalue weighted by molar-refractivity contribution is 8.07. The van der Waals surface area contributed by atoms with E-state index in [-0.39, 0.29) is 0 Å². The van der Waals surface area contributed by atoms with Crippen molar-refractivity contribution in [1.29, 1.82) is 0 Å². The van der Waals surface area contributed by atoms with Crippen molar-refractivity contribution >= 4 is 20.8 Å².